The first-order chi connectivity index (χ1) is 9.38. The van der Waals surface area contributed by atoms with Gasteiger partial charge in [0, 0.05) is 4.90 Å². The lowest BCUT2D eigenvalue weighted by molar-refractivity contribution is 0.523. The number of benzene rings is 2. The molecule has 0 saturated carbocycles. The molecule has 2 N–H and O–H groups in total. The zero-order chi connectivity index (χ0) is 13.3. The molecule has 0 aromatic heterocycles. The van der Waals surface area contributed by atoms with Gasteiger partial charge in [-0.15, -0.1) is 11.8 Å². The molecule has 2 aromatic carbocycles. The molecule has 1 atom stereocenters. The molecule has 0 radical (unpaired) electrons. The van der Waals surface area contributed by atoms with Gasteiger partial charge < -0.3 is 5.73 Å². The van der Waals surface area contributed by atoms with Gasteiger partial charge in [-0.25, -0.2) is 0 Å². The molecule has 19 heavy (non-hydrogen) atoms. The van der Waals surface area contributed by atoms with E-state index >= 15 is 0 Å². The van der Waals surface area contributed by atoms with Crippen LogP contribution >= 0.6 is 11.8 Å². The Morgan fingerprint density at radius 2 is 1.53 bits per heavy atom. The summed E-state index contributed by atoms with van der Waals surface area (Å²) in [5.41, 5.74) is 7.28. The summed E-state index contributed by atoms with van der Waals surface area (Å²) >= 11 is 1.92. The van der Waals surface area contributed by atoms with E-state index in [9.17, 15) is 0 Å². The summed E-state index contributed by atoms with van der Waals surface area (Å²) in [4.78, 5) is 1.35. The average Bonchev–Trinajstić information content (AvgIpc) is 2.48. The van der Waals surface area contributed by atoms with Crippen LogP contribution in [0.5, 0.6) is 0 Å². The van der Waals surface area contributed by atoms with Crippen molar-refractivity contribution in [3.8, 4) is 0 Å². The minimum atomic E-state index is 0.582. The first kappa shape index (κ1) is 14.2. The summed E-state index contributed by atoms with van der Waals surface area (Å²) < 4.78 is 0. The number of rotatable bonds is 7. The van der Waals surface area contributed by atoms with E-state index in [-0.39, 0.29) is 0 Å². The molecule has 0 spiro atoms. The minimum Gasteiger partial charge on any atom is -0.330 e. The van der Waals surface area contributed by atoms with Crippen molar-refractivity contribution in [2.24, 2.45) is 11.7 Å². The number of hydrogen-bond donors (Lipinski definition) is 1. The maximum Gasteiger partial charge on any atom is 0.00719 e. The Labute approximate surface area is 120 Å². The van der Waals surface area contributed by atoms with Crippen LogP contribution in [0.2, 0.25) is 0 Å². The highest BCUT2D eigenvalue weighted by molar-refractivity contribution is 7.99. The minimum absolute atomic E-state index is 0.582. The number of nitrogens with two attached hydrogens (primary N) is 1. The summed E-state index contributed by atoms with van der Waals surface area (Å²) in [6.45, 7) is 0.768. The van der Waals surface area contributed by atoms with Gasteiger partial charge in [-0.1, -0.05) is 48.5 Å². The zero-order valence-electron chi connectivity index (χ0n) is 11.2. The fourth-order valence-electron chi connectivity index (χ4n) is 2.11. The van der Waals surface area contributed by atoms with Crippen LogP contribution in [0, 0.1) is 5.92 Å². The lowest BCUT2D eigenvalue weighted by Gasteiger charge is -2.14. The third kappa shape index (κ3) is 5.09. The van der Waals surface area contributed by atoms with E-state index in [4.69, 9.17) is 5.73 Å². The van der Waals surface area contributed by atoms with Crippen LogP contribution in [0.25, 0.3) is 0 Å². The second-order valence-electron chi connectivity index (χ2n) is 4.74. The Balaban J connectivity index is 1.77. The summed E-state index contributed by atoms with van der Waals surface area (Å²) in [6.07, 6.45) is 2.26. The van der Waals surface area contributed by atoms with Crippen molar-refractivity contribution in [3.05, 3.63) is 66.2 Å². The fourth-order valence-corrected chi connectivity index (χ4v) is 3.15. The van der Waals surface area contributed by atoms with Crippen molar-refractivity contribution in [2.75, 3.05) is 12.3 Å². The highest BCUT2D eigenvalue weighted by atomic mass is 32.2. The Kier molecular flexibility index (Phi) is 5.99. The van der Waals surface area contributed by atoms with Crippen LogP contribution < -0.4 is 5.73 Å². The maximum atomic E-state index is 5.89. The van der Waals surface area contributed by atoms with E-state index in [1.165, 1.54) is 16.9 Å². The Bertz CT molecular complexity index is 455. The smallest absolute Gasteiger partial charge is 0.00719 e. The quantitative estimate of drug-likeness (QED) is 0.771. The van der Waals surface area contributed by atoms with Crippen molar-refractivity contribution in [1.82, 2.24) is 0 Å². The Morgan fingerprint density at radius 1 is 0.895 bits per heavy atom. The van der Waals surface area contributed by atoms with E-state index in [1.54, 1.807) is 0 Å². The van der Waals surface area contributed by atoms with Gasteiger partial charge in [0.15, 0.2) is 0 Å². The predicted octanol–water partition coefficient (Wildman–Crippen LogP) is 3.99. The van der Waals surface area contributed by atoms with Gasteiger partial charge in [0.1, 0.15) is 0 Å². The second-order valence-corrected chi connectivity index (χ2v) is 5.91. The summed E-state index contributed by atoms with van der Waals surface area (Å²) in [6, 6.07) is 21.2. The first-order valence-corrected chi connectivity index (χ1v) is 7.79. The first-order valence-electron chi connectivity index (χ1n) is 6.80. The van der Waals surface area contributed by atoms with Gasteiger partial charge in [0.2, 0.25) is 0 Å². The molecule has 1 unspecified atom stereocenters. The van der Waals surface area contributed by atoms with Gasteiger partial charge in [-0.2, -0.15) is 0 Å². The van der Waals surface area contributed by atoms with Gasteiger partial charge >= 0.3 is 0 Å². The average molecular weight is 271 g/mol. The molecule has 0 aliphatic carbocycles. The van der Waals surface area contributed by atoms with Crippen LogP contribution in [0.1, 0.15) is 12.0 Å². The molecule has 0 saturated heterocycles. The lowest BCUT2D eigenvalue weighted by atomic mass is 9.97. The topological polar surface area (TPSA) is 26.0 Å². The molecular formula is C17H21NS. The summed E-state index contributed by atoms with van der Waals surface area (Å²) in [7, 11) is 0. The molecule has 100 valence electrons. The maximum absolute atomic E-state index is 5.89. The standard InChI is InChI=1S/C17H21NS/c18-14-16(13-15-7-3-1-4-8-15)11-12-19-17-9-5-2-6-10-17/h1-10,16H,11-14,18H2. The van der Waals surface area contributed by atoms with Gasteiger partial charge in [0.25, 0.3) is 0 Å². The van der Waals surface area contributed by atoms with Crippen molar-refractivity contribution in [2.45, 2.75) is 17.7 Å². The molecule has 2 heteroatoms. The molecule has 2 rings (SSSR count). The monoisotopic (exact) mass is 271 g/mol. The molecule has 0 aliphatic rings. The molecule has 0 fully saturated rings. The highest BCUT2D eigenvalue weighted by Gasteiger charge is 2.07. The van der Waals surface area contributed by atoms with Crippen molar-refractivity contribution in [3.63, 3.8) is 0 Å². The van der Waals surface area contributed by atoms with Gasteiger partial charge in [-0.05, 0) is 48.8 Å². The molecule has 0 amide bonds. The molecule has 2 aromatic rings. The van der Waals surface area contributed by atoms with Crippen LogP contribution in [0.3, 0.4) is 0 Å². The SMILES string of the molecule is NCC(CCSc1ccccc1)Cc1ccccc1. The molecular weight excluding hydrogens is 250 g/mol. The normalized spacial score (nSPS) is 12.3. The molecule has 0 heterocycles. The van der Waals surface area contributed by atoms with Crippen molar-refractivity contribution >= 4 is 11.8 Å². The van der Waals surface area contributed by atoms with Crippen LogP contribution in [0.15, 0.2) is 65.6 Å². The van der Waals surface area contributed by atoms with Crippen LogP contribution in [-0.2, 0) is 6.42 Å². The van der Waals surface area contributed by atoms with E-state index in [0.29, 0.717) is 5.92 Å². The third-order valence-corrected chi connectivity index (χ3v) is 4.28. The lowest BCUT2D eigenvalue weighted by Crippen LogP contribution is -2.17. The summed E-state index contributed by atoms with van der Waals surface area (Å²) in [5, 5.41) is 0. The van der Waals surface area contributed by atoms with Crippen LogP contribution in [0.4, 0.5) is 0 Å². The Morgan fingerprint density at radius 3 is 2.16 bits per heavy atom. The van der Waals surface area contributed by atoms with E-state index in [1.807, 2.05) is 11.8 Å². The molecule has 0 aliphatic heterocycles. The summed E-state index contributed by atoms with van der Waals surface area (Å²) in [5.74, 6) is 1.72. The van der Waals surface area contributed by atoms with Crippen LogP contribution in [-0.4, -0.2) is 12.3 Å². The second kappa shape index (κ2) is 8.03. The predicted molar refractivity (Wildman–Crippen MR) is 84.5 cm³/mol. The molecule has 1 nitrogen and oxygen atoms in total. The van der Waals surface area contributed by atoms with Gasteiger partial charge in [0.05, 0.1) is 0 Å². The zero-order valence-corrected chi connectivity index (χ0v) is 12.0. The fraction of sp³-hybridized carbons (Fsp3) is 0.294. The van der Waals surface area contributed by atoms with E-state index < -0.39 is 0 Å². The number of hydrogen-bond acceptors (Lipinski definition) is 2. The molecule has 0 bridgehead atoms. The highest BCUT2D eigenvalue weighted by Crippen LogP contribution is 2.21. The van der Waals surface area contributed by atoms with E-state index in [0.717, 1.165) is 18.7 Å². The Hall–Kier alpha value is -1.25. The van der Waals surface area contributed by atoms with Gasteiger partial charge in [-0.3, -0.25) is 0 Å². The van der Waals surface area contributed by atoms with E-state index in [2.05, 4.69) is 60.7 Å². The number of thioether (sulfide) groups is 1. The third-order valence-electron chi connectivity index (χ3n) is 3.24. The van der Waals surface area contributed by atoms with Crippen molar-refractivity contribution in [1.29, 1.82) is 0 Å². The van der Waals surface area contributed by atoms with Crippen molar-refractivity contribution < 1.29 is 0 Å². The largest absolute Gasteiger partial charge is 0.330 e.